The number of anilines is 2. The van der Waals surface area contributed by atoms with Crippen molar-refractivity contribution in [2.45, 2.75) is 0 Å². The summed E-state index contributed by atoms with van der Waals surface area (Å²) in [5.41, 5.74) is 0. The molecule has 1 amide bonds. The zero-order valence-electron chi connectivity index (χ0n) is 13.2. The fourth-order valence-corrected chi connectivity index (χ4v) is 1.76. The van der Waals surface area contributed by atoms with E-state index in [9.17, 15) is 14.7 Å². The first-order valence-electron chi connectivity index (χ1n) is 6.17. The van der Waals surface area contributed by atoms with E-state index in [1.165, 1.54) is 12.0 Å². The topological polar surface area (TPSA) is 139 Å². The van der Waals surface area contributed by atoms with Crippen molar-refractivity contribution in [3.8, 4) is 6.01 Å². The number of aromatic nitrogens is 3. The summed E-state index contributed by atoms with van der Waals surface area (Å²) in [6.07, 6.45) is 0. The van der Waals surface area contributed by atoms with Gasteiger partial charge < -0.3 is 19.5 Å². The van der Waals surface area contributed by atoms with Crippen molar-refractivity contribution in [2.75, 3.05) is 44.1 Å². The molecule has 1 fully saturated rings. The van der Waals surface area contributed by atoms with Crippen LogP contribution < -0.4 is 71.0 Å². The van der Waals surface area contributed by atoms with E-state index in [0.29, 0.717) is 0 Å². The van der Waals surface area contributed by atoms with E-state index in [1.807, 2.05) is 0 Å². The molecule has 2 rings (SSSR count). The van der Waals surface area contributed by atoms with Gasteiger partial charge in [0, 0.05) is 14.1 Å². The summed E-state index contributed by atoms with van der Waals surface area (Å²) in [7, 11) is 4.80. The van der Waals surface area contributed by atoms with Crippen molar-refractivity contribution in [1.82, 2.24) is 19.9 Å². The van der Waals surface area contributed by atoms with E-state index in [1.54, 1.807) is 19.0 Å². The molecule has 11 nitrogen and oxygen atoms in total. The predicted molar refractivity (Wildman–Crippen MR) is 72.5 cm³/mol. The average molecular weight is 347 g/mol. The summed E-state index contributed by atoms with van der Waals surface area (Å²) in [4.78, 5) is 38.1. The van der Waals surface area contributed by atoms with Gasteiger partial charge in [0.15, 0.2) is 0 Å². The summed E-state index contributed by atoms with van der Waals surface area (Å²) in [6.45, 7) is -0.941. The Bertz CT molecular complexity index is 639. The van der Waals surface area contributed by atoms with Crippen LogP contribution in [-0.2, 0) is 9.59 Å². The van der Waals surface area contributed by atoms with Crippen LogP contribution in [0, 0.1) is 5.41 Å². The van der Waals surface area contributed by atoms with E-state index in [2.05, 4.69) is 15.0 Å². The Morgan fingerprint density at radius 3 is 2.57 bits per heavy atom. The quantitative estimate of drug-likeness (QED) is 0.516. The molecule has 1 aromatic rings. The summed E-state index contributed by atoms with van der Waals surface area (Å²) in [5.74, 6) is -2.05. The second kappa shape index (κ2) is 7.96. The number of amides is 1. The number of methoxy groups -OCH3 is 1. The molecule has 0 bridgehead atoms. The van der Waals surface area contributed by atoms with E-state index in [-0.39, 0.29) is 81.8 Å². The second-order valence-electron chi connectivity index (χ2n) is 4.58. The standard InChI is InChI=1S/C11H15N7O4.K/c1-16(2)9-13-10(15-11(14-9)22-3)18-4-6(19)17(8(18)12)5-7(20)21;/h12H,4-5H2,1-3H3,(H,20,21);/q;+1/p-1. The van der Waals surface area contributed by atoms with Crippen molar-refractivity contribution in [2.24, 2.45) is 0 Å². The number of ether oxygens (including phenoxy) is 1. The molecule has 1 aliphatic heterocycles. The first-order chi connectivity index (χ1) is 10.3. The number of carbonyl (C=O) groups is 2. The maximum Gasteiger partial charge on any atom is 1.00 e. The van der Waals surface area contributed by atoms with Gasteiger partial charge in [-0.3, -0.25) is 20.0 Å². The van der Waals surface area contributed by atoms with Gasteiger partial charge in [0.1, 0.15) is 6.54 Å². The molecular formula is C11H14KN7O4. The fourth-order valence-electron chi connectivity index (χ4n) is 1.76. The van der Waals surface area contributed by atoms with E-state index in [0.717, 1.165) is 4.90 Å². The molecule has 0 spiro atoms. The molecule has 1 N–H and O–H groups in total. The SMILES string of the molecule is COc1nc(N(C)C)nc(N2CC(=O)N(CC(=O)[O-])C2=N)n1.[K+]. The second-order valence-corrected chi connectivity index (χ2v) is 4.58. The van der Waals surface area contributed by atoms with Gasteiger partial charge in [-0.05, 0) is 0 Å². The number of rotatable bonds is 5. The van der Waals surface area contributed by atoms with Crippen molar-refractivity contribution in [1.29, 1.82) is 5.41 Å². The first-order valence-corrected chi connectivity index (χ1v) is 6.17. The van der Waals surface area contributed by atoms with Crippen LogP contribution in [0.1, 0.15) is 0 Å². The Morgan fingerprint density at radius 1 is 1.39 bits per heavy atom. The molecule has 0 saturated carbocycles. The summed E-state index contributed by atoms with van der Waals surface area (Å²) in [6, 6.07) is 0.0206. The Kier molecular flexibility index (Phi) is 6.82. The Morgan fingerprint density at radius 2 is 2.04 bits per heavy atom. The van der Waals surface area contributed by atoms with E-state index >= 15 is 0 Å². The third-order valence-corrected chi connectivity index (χ3v) is 2.81. The number of nitrogens with zero attached hydrogens (tertiary/aromatic N) is 6. The Labute approximate surface area is 174 Å². The van der Waals surface area contributed by atoms with Gasteiger partial charge in [-0.25, -0.2) is 0 Å². The third kappa shape index (κ3) is 4.35. The number of carbonyl (C=O) groups excluding carboxylic acids is 2. The molecule has 0 radical (unpaired) electrons. The van der Waals surface area contributed by atoms with E-state index < -0.39 is 18.4 Å². The number of carboxylic acid groups (broad SMARTS) is 1. The van der Waals surface area contributed by atoms with Crippen LogP contribution in [0.4, 0.5) is 11.9 Å². The van der Waals surface area contributed by atoms with Crippen molar-refractivity contribution >= 4 is 29.7 Å². The predicted octanol–water partition coefficient (Wildman–Crippen LogP) is -5.72. The maximum atomic E-state index is 11.8. The van der Waals surface area contributed by atoms with Gasteiger partial charge in [-0.2, -0.15) is 15.0 Å². The largest absolute Gasteiger partial charge is 1.00 e. The Balaban J connectivity index is 0.00000264. The van der Waals surface area contributed by atoms with Crippen LogP contribution in [0.5, 0.6) is 6.01 Å². The molecule has 1 saturated heterocycles. The number of aliphatic carboxylic acids is 1. The number of hydrogen-bond acceptors (Lipinski definition) is 9. The minimum Gasteiger partial charge on any atom is -0.548 e. The number of guanidine groups is 1. The average Bonchev–Trinajstić information content (AvgIpc) is 2.74. The van der Waals surface area contributed by atoms with Crippen LogP contribution in [0.25, 0.3) is 0 Å². The van der Waals surface area contributed by atoms with Gasteiger partial charge in [0.25, 0.3) is 0 Å². The molecule has 1 aliphatic rings. The molecule has 1 aromatic heterocycles. The van der Waals surface area contributed by atoms with Crippen LogP contribution >= 0.6 is 0 Å². The molecule has 0 aliphatic carbocycles. The van der Waals surface area contributed by atoms with Crippen molar-refractivity contribution in [3.63, 3.8) is 0 Å². The van der Waals surface area contributed by atoms with Gasteiger partial charge >= 0.3 is 57.4 Å². The molecule has 118 valence electrons. The van der Waals surface area contributed by atoms with Crippen LogP contribution in [0.3, 0.4) is 0 Å². The number of carboxylic acids is 1. The molecule has 0 aromatic carbocycles. The normalized spacial score (nSPS) is 13.9. The molecule has 0 atom stereocenters. The third-order valence-electron chi connectivity index (χ3n) is 2.81. The van der Waals surface area contributed by atoms with Crippen molar-refractivity contribution in [3.05, 3.63) is 0 Å². The van der Waals surface area contributed by atoms with Crippen LogP contribution in [-0.4, -0.2) is 72.0 Å². The van der Waals surface area contributed by atoms with E-state index in [4.69, 9.17) is 10.1 Å². The first kappa shape index (κ1) is 19.7. The molecular weight excluding hydrogens is 333 g/mol. The minimum absolute atomic E-state index is 0. The Hall–Kier alpha value is -1.34. The summed E-state index contributed by atoms with van der Waals surface area (Å²) in [5, 5.41) is 18.6. The molecule has 0 unspecified atom stereocenters. The van der Waals surface area contributed by atoms with Gasteiger partial charge in [-0.1, -0.05) is 0 Å². The van der Waals surface area contributed by atoms with Gasteiger partial charge in [-0.15, -0.1) is 0 Å². The zero-order chi connectivity index (χ0) is 16.4. The maximum absolute atomic E-state index is 11.8. The molecule has 2 heterocycles. The summed E-state index contributed by atoms with van der Waals surface area (Å²) >= 11 is 0. The van der Waals surface area contributed by atoms with Gasteiger partial charge in [0.05, 0.1) is 19.6 Å². The number of nitrogens with one attached hydrogen (secondary N) is 1. The molecule has 23 heavy (non-hydrogen) atoms. The zero-order valence-corrected chi connectivity index (χ0v) is 16.4. The monoisotopic (exact) mass is 347 g/mol. The molecule has 12 heteroatoms. The number of hydrogen-bond donors (Lipinski definition) is 1. The fraction of sp³-hybridized carbons (Fsp3) is 0.455. The van der Waals surface area contributed by atoms with Crippen molar-refractivity contribution < 1.29 is 70.8 Å². The summed E-state index contributed by atoms with van der Waals surface area (Å²) < 4.78 is 4.97. The minimum atomic E-state index is -1.46. The smallest absolute Gasteiger partial charge is 0.548 e. The van der Waals surface area contributed by atoms with Crippen LogP contribution in [0.2, 0.25) is 0 Å². The van der Waals surface area contributed by atoms with Gasteiger partial charge in [0.2, 0.25) is 23.8 Å². The van der Waals surface area contributed by atoms with Crippen LogP contribution in [0.15, 0.2) is 0 Å².